The highest BCUT2D eigenvalue weighted by atomic mass is 35.5. The quantitative estimate of drug-likeness (QED) is 0.806. The number of rotatable bonds is 4. The highest BCUT2D eigenvalue weighted by Crippen LogP contribution is 2.49. The van der Waals surface area contributed by atoms with Crippen molar-refractivity contribution < 1.29 is 9.47 Å². The van der Waals surface area contributed by atoms with E-state index in [1.165, 1.54) is 14.2 Å². The van der Waals surface area contributed by atoms with Gasteiger partial charge in [-0.3, -0.25) is 0 Å². The van der Waals surface area contributed by atoms with Crippen LogP contribution in [0.1, 0.15) is 17.9 Å². The van der Waals surface area contributed by atoms with Crippen molar-refractivity contribution in [2.45, 2.75) is 12.3 Å². The lowest BCUT2D eigenvalue weighted by atomic mass is 10.1. The van der Waals surface area contributed by atoms with Gasteiger partial charge in [0.05, 0.1) is 19.8 Å². The lowest BCUT2D eigenvalue weighted by Crippen LogP contribution is -2.00. The zero-order chi connectivity index (χ0) is 15.7. The molecule has 7 heteroatoms. The molecule has 0 bridgehead atoms. The second kappa shape index (κ2) is 5.78. The first kappa shape index (κ1) is 14.5. The summed E-state index contributed by atoms with van der Waals surface area (Å²) in [7, 11) is 3.01. The third-order valence-corrected chi connectivity index (χ3v) is 3.86. The van der Waals surface area contributed by atoms with E-state index in [4.69, 9.17) is 27.5 Å². The van der Waals surface area contributed by atoms with Crippen LogP contribution in [0.3, 0.4) is 0 Å². The van der Waals surface area contributed by atoms with Gasteiger partial charge >= 0.3 is 6.01 Å². The van der Waals surface area contributed by atoms with Crippen LogP contribution in [0.2, 0.25) is 5.15 Å². The highest BCUT2D eigenvalue weighted by Gasteiger charge is 2.39. The van der Waals surface area contributed by atoms with Gasteiger partial charge in [-0.1, -0.05) is 11.6 Å². The Bertz CT molecular complexity index is 760. The molecule has 2 aromatic heterocycles. The largest absolute Gasteiger partial charge is 0.480 e. The molecule has 1 saturated carbocycles. The molecule has 0 saturated heterocycles. The van der Waals surface area contributed by atoms with E-state index < -0.39 is 0 Å². The Hall–Kier alpha value is -2.39. The minimum Gasteiger partial charge on any atom is -0.480 e. The van der Waals surface area contributed by atoms with E-state index in [1.54, 1.807) is 6.20 Å². The van der Waals surface area contributed by atoms with Crippen LogP contribution in [0.15, 0.2) is 12.3 Å². The van der Waals surface area contributed by atoms with E-state index in [-0.39, 0.29) is 17.8 Å². The third-order valence-electron chi connectivity index (χ3n) is 3.56. The lowest BCUT2D eigenvalue weighted by molar-refractivity contribution is 0.353. The molecule has 0 amide bonds. The third kappa shape index (κ3) is 2.55. The molecule has 6 nitrogen and oxygen atoms in total. The van der Waals surface area contributed by atoms with Crippen molar-refractivity contribution in [2.75, 3.05) is 14.2 Å². The molecule has 112 valence electrons. The molecule has 2 unspecified atom stereocenters. The van der Waals surface area contributed by atoms with Crippen LogP contribution in [0.5, 0.6) is 11.9 Å². The van der Waals surface area contributed by atoms with E-state index in [9.17, 15) is 0 Å². The van der Waals surface area contributed by atoms with Crippen LogP contribution in [-0.2, 0) is 0 Å². The molecule has 0 spiro atoms. The van der Waals surface area contributed by atoms with Crippen LogP contribution in [0.4, 0.5) is 0 Å². The van der Waals surface area contributed by atoms with Crippen molar-refractivity contribution in [3.8, 4) is 35.5 Å². The first-order valence-electron chi connectivity index (χ1n) is 6.62. The van der Waals surface area contributed by atoms with Crippen molar-refractivity contribution in [1.82, 2.24) is 20.2 Å². The zero-order valence-electron chi connectivity index (χ0n) is 12.1. The van der Waals surface area contributed by atoms with Crippen molar-refractivity contribution in [1.29, 1.82) is 0 Å². The standard InChI is InChI=1S/C15H13ClN4O2/c1-4-8-5-9(8)10-6-12(19-20-13(10)16)11-7-17-15(22-3)18-14(11)21-2/h1,6-9H,5H2,2-3H3. The Morgan fingerprint density at radius 3 is 2.77 bits per heavy atom. The van der Waals surface area contributed by atoms with Gasteiger partial charge in [-0.2, -0.15) is 4.98 Å². The summed E-state index contributed by atoms with van der Waals surface area (Å²) in [5.74, 6) is 3.54. The average Bonchev–Trinajstić information content (AvgIpc) is 3.34. The molecule has 0 N–H and O–H groups in total. The molecule has 2 atom stereocenters. The van der Waals surface area contributed by atoms with Gasteiger partial charge in [-0.15, -0.1) is 22.5 Å². The number of nitrogens with zero attached hydrogens (tertiary/aromatic N) is 4. The predicted octanol–water partition coefficient (Wildman–Crippen LogP) is 2.34. The Labute approximate surface area is 132 Å². The van der Waals surface area contributed by atoms with Crippen LogP contribution in [0, 0.1) is 18.3 Å². The van der Waals surface area contributed by atoms with E-state index in [0.29, 0.717) is 22.3 Å². The first-order valence-corrected chi connectivity index (χ1v) is 7.00. The Morgan fingerprint density at radius 1 is 1.32 bits per heavy atom. The fraction of sp³-hybridized carbons (Fsp3) is 0.333. The van der Waals surface area contributed by atoms with Crippen LogP contribution in [-0.4, -0.2) is 34.4 Å². The summed E-state index contributed by atoms with van der Waals surface area (Å²) in [5, 5.41) is 8.48. The van der Waals surface area contributed by atoms with Crippen molar-refractivity contribution in [3.63, 3.8) is 0 Å². The Kier molecular flexibility index (Phi) is 3.82. The van der Waals surface area contributed by atoms with Crippen LogP contribution < -0.4 is 9.47 Å². The highest BCUT2D eigenvalue weighted by molar-refractivity contribution is 6.30. The second-order valence-corrected chi connectivity index (χ2v) is 5.23. The molecule has 0 aromatic carbocycles. The number of aromatic nitrogens is 4. The minimum absolute atomic E-state index is 0.212. The summed E-state index contributed by atoms with van der Waals surface area (Å²) < 4.78 is 10.3. The summed E-state index contributed by atoms with van der Waals surface area (Å²) in [4.78, 5) is 8.22. The molecule has 1 aliphatic rings. The van der Waals surface area contributed by atoms with Gasteiger partial charge in [0, 0.05) is 18.0 Å². The molecule has 0 aliphatic heterocycles. The fourth-order valence-electron chi connectivity index (χ4n) is 2.29. The summed E-state index contributed by atoms with van der Waals surface area (Å²) in [5.41, 5.74) is 2.10. The molecule has 1 aliphatic carbocycles. The van der Waals surface area contributed by atoms with Crippen molar-refractivity contribution in [3.05, 3.63) is 23.0 Å². The van der Waals surface area contributed by atoms with E-state index >= 15 is 0 Å². The monoisotopic (exact) mass is 316 g/mol. The van der Waals surface area contributed by atoms with Gasteiger partial charge in [0.25, 0.3) is 0 Å². The summed E-state index contributed by atoms with van der Waals surface area (Å²) in [6.45, 7) is 0. The predicted molar refractivity (Wildman–Crippen MR) is 80.9 cm³/mol. The van der Waals surface area contributed by atoms with Gasteiger partial charge in [0.2, 0.25) is 5.88 Å². The number of ether oxygens (including phenoxy) is 2. The second-order valence-electron chi connectivity index (χ2n) is 4.87. The number of terminal acetylenes is 1. The van der Waals surface area contributed by atoms with E-state index in [1.807, 2.05) is 6.07 Å². The Morgan fingerprint density at radius 2 is 2.14 bits per heavy atom. The Balaban J connectivity index is 2.02. The normalized spacial score (nSPS) is 19.4. The van der Waals surface area contributed by atoms with Gasteiger partial charge in [0.1, 0.15) is 5.69 Å². The smallest absolute Gasteiger partial charge is 0.319 e. The van der Waals surface area contributed by atoms with Gasteiger partial charge in [0.15, 0.2) is 5.15 Å². The molecule has 2 aromatic rings. The molecule has 3 rings (SSSR count). The molecule has 2 heterocycles. The van der Waals surface area contributed by atoms with Gasteiger partial charge in [-0.25, -0.2) is 4.98 Å². The van der Waals surface area contributed by atoms with Crippen LogP contribution >= 0.6 is 11.6 Å². The SMILES string of the molecule is C#CC1CC1c1cc(-c2cnc(OC)nc2OC)nnc1Cl. The van der Waals surface area contributed by atoms with Gasteiger partial charge in [-0.05, 0) is 18.1 Å². The number of halogens is 1. The minimum atomic E-state index is 0.212. The summed E-state index contributed by atoms with van der Waals surface area (Å²) in [6, 6.07) is 2.09. The summed E-state index contributed by atoms with van der Waals surface area (Å²) >= 11 is 6.14. The summed E-state index contributed by atoms with van der Waals surface area (Å²) in [6.07, 6.45) is 7.95. The average molecular weight is 317 g/mol. The van der Waals surface area contributed by atoms with Gasteiger partial charge < -0.3 is 9.47 Å². The molecular formula is C15H13ClN4O2. The van der Waals surface area contributed by atoms with E-state index in [0.717, 1.165) is 12.0 Å². The molecular weight excluding hydrogens is 304 g/mol. The molecule has 1 fully saturated rings. The lowest BCUT2D eigenvalue weighted by Gasteiger charge is -2.09. The van der Waals surface area contributed by atoms with Crippen LogP contribution in [0.25, 0.3) is 11.3 Å². The maximum absolute atomic E-state index is 6.14. The fourth-order valence-corrected chi connectivity index (χ4v) is 2.52. The molecule has 22 heavy (non-hydrogen) atoms. The van der Waals surface area contributed by atoms with E-state index in [2.05, 4.69) is 26.1 Å². The molecule has 0 radical (unpaired) electrons. The maximum atomic E-state index is 6.14. The topological polar surface area (TPSA) is 70.0 Å². The zero-order valence-corrected chi connectivity index (χ0v) is 12.8. The number of hydrogen-bond acceptors (Lipinski definition) is 6. The number of hydrogen-bond donors (Lipinski definition) is 0. The number of methoxy groups -OCH3 is 2. The van der Waals surface area contributed by atoms with Crippen molar-refractivity contribution in [2.24, 2.45) is 5.92 Å². The van der Waals surface area contributed by atoms with Crippen molar-refractivity contribution >= 4 is 11.6 Å². The maximum Gasteiger partial charge on any atom is 0.319 e. The first-order chi connectivity index (χ1) is 10.7.